The van der Waals surface area contributed by atoms with Crippen molar-refractivity contribution in [3.05, 3.63) is 0 Å². The molecular weight excluding hydrogens is 222 g/mol. The molecule has 0 bridgehead atoms. The first-order valence-electron chi connectivity index (χ1n) is 6.31. The average Bonchev–Trinajstić information content (AvgIpc) is 2.29. The van der Waals surface area contributed by atoms with Crippen LogP contribution in [0.1, 0.15) is 32.6 Å². The summed E-state index contributed by atoms with van der Waals surface area (Å²) in [6.07, 6.45) is 2.80. The summed E-state index contributed by atoms with van der Waals surface area (Å²) in [4.78, 5) is 12.9. The quantitative estimate of drug-likeness (QED) is 0.737. The number of aliphatic hydroxyl groups excluding tert-OH is 1. The minimum atomic E-state index is -0.773. The second-order valence-corrected chi connectivity index (χ2v) is 5.23. The Hall–Kier alpha value is -0.650. The zero-order chi connectivity index (χ0) is 12.5. The Bertz CT molecular complexity index is 286. The number of hydrogen-bond donors (Lipinski definition) is 2. The van der Waals surface area contributed by atoms with Crippen molar-refractivity contribution in [2.75, 3.05) is 19.7 Å². The summed E-state index contributed by atoms with van der Waals surface area (Å²) in [7, 11) is 0. The third kappa shape index (κ3) is 2.78. The lowest BCUT2D eigenvalue weighted by molar-refractivity contribution is -0.156. The van der Waals surface area contributed by atoms with Gasteiger partial charge in [-0.2, -0.15) is 0 Å². The Kier molecular flexibility index (Phi) is 3.70. The number of carboxylic acid groups (broad SMARTS) is 1. The van der Waals surface area contributed by atoms with Crippen molar-refractivity contribution in [3.8, 4) is 0 Å². The maximum absolute atomic E-state index is 10.9. The molecule has 0 unspecified atom stereocenters. The largest absolute Gasteiger partial charge is 0.480 e. The van der Waals surface area contributed by atoms with Crippen LogP contribution in [-0.2, 0) is 9.53 Å². The molecule has 0 aromatic heterocycles. The Morgan fingerprint density at radius 2 is 2.12 bits per heavy atom. The lowest BCUT2D eigenvalue weighted by Crippen LogP contribution is -2.53. The molecule has 0 aliphatic carbocycles. The van der Waals surface area contributed by atoms with Gasteiger partial charge in [-0.05, 0) is 26.2 Å². The second kappa shape index (κ2) is 4.92. The van der Waals surface area contributed by atoms with Gasteiger partial charge in [0.1, 0.15) is 6.04 Å². The van der Waals surface area contributed by atoms with E-state index in [2.05, 4.69) is 0 Å². The van der Waals surface area contributed by atoms with Crippen molar-refractivity contribution < 1.29 is 19.7 Å². The zero-order valence-corrected chi connectivity index (χ0v) is 10.3. The van der Waals surface area contributed by atoms with Gasteiger partial charge in [0.15, 0.2) is 0 Å². The Balaban J connectivity index is 1.91. The predicted octanol–water partition coefficient (Wildman–Crippen LogP) is 0.465. The lowest BCUT2D eigenvalue weighted by Gasteiger charge is -2.46. The number of nitrogens with zero attached hydrogens (tertiary/aromatic N) is 1. The highest BCUT2D eigenvalue weighted by Gasteiger charge is 2.41. The van der Waals surface area contributed by atoms with Gasteiger partial charge in [0, 0.05) is 26.1 Å². The van der Waals surface area contributed by atoms with E-state index in [4.69, 9.17) is 9.84 Å². The van der Waals surface area contributed by atoms with Crippen molar-refractivity contribution >= 4 is 5.97 Å². The fourth-order valence-electron chi connectivity index (χ4n) is 2.83. The minimum Gasteiger partial charge on any atom is -0.480 e. The van der Waals surface area contributed by atoms with E-state index in [0.717, 1.165) is 32.4 Å². The molecular formula is C12H21NO4. The molecule has 17 heavy (non-hydrogen) atoms. The summed E-state index contributed by atoms with van der Waals surface area (Å²) in [5, 5.41) is 18.7. The molecule has 2 fully saturated rings. The number of ether oxygens (including phenoxy) is 1. The van der Waals surface area contributed by atoms with Gasteiger partial charge >= 0.3 is 5.97 Å². The zero-order valence-electron chi connectivity index (χ0n) is 10.3. The van der Waals surface area contributed by atoms with Gasteiger partial charge in [-0.1, -0.05) is 0 Å². The van der Waals surface area contributed by atoms with E-state index < -0.39 is 12.0 Å². The molecule has 0 aromatic carbocycles. The normalized spacial score (nSPS) is 31.3. The number of aliphatic carboxylic acids is 1. The first-order chi connectivity index (χ1) is 8.02. The van der Waals surface area contributed by atoms with Crippen LogP contribution in [0.5, 0.6) is 0 Å². The number of likely N-dealkylation sites (tertiary alicyclic amines) is 1. The van der Waals surface area contributed by atoms with Gasteiger partial charge in [-0.15, -0.1) is 0 Å². The lowest BCUT2D eigenvalue weighted by atomic mass is 9.83. The highest BCUT2D eigenvalue weighted by Crippen LogP contribution is 2.35. The van der Waals surface area contributed by atoms with Crippen LogP contribution < -0.4 is 0 Å². The minimum absolute atomic E-state index is 0.202. The van der Waals surface area contributed by atoms with Gasteiger partial charge in [-0.3, -0.25) is 9.69 Å². The predicted molar refractivity (Wildman–Crippen MR) is 61.8 cm³/mol. The molecule has 2 aliphatic heterocycles. The standard InChI is InChI=1S/C12H21NO4/c1-9(11(15)16)13-5-3-12(4-6-13)8-10(14)2-7-17-12/h9-10,14H,2-8H2,1H3,(H,15,16)/t9-,10+/m0/s1. The van der Waals surface area contributed by atoms with Crippen molar-refractivity contribution in [2.45, 2.75) is 50.4 Å². The van der Waals surface area contributed by atoms with Gasteiger partial charge in [0.2, 0.25) is 0 Å². The van der Waals surface area contributed by atoms with Gasteiger partial charge < -0.3 is 14.9 Å². The van der Waals surface area contributed by atoms with Crippen molar-refractivity contribution in [3.63, 3.8) is 0 Å². The number of carbonyl (C=O) groups is 1. The second-order valence-electron chi connectivity index (χ2n) is 5.23. The van der Waals surface area contributed by atoms with Crippen LogP contribution in [0.15, 0.2) is 0 Å². The molecule has 98 valence electrons. The molecule has 2 rings (SSSR count). The summed E-state index contributed by atoms with van der Waals surface area (Å²) in [5.41, 5.74) is -0.202. The summed E-state index contributed by atoms with van der Waals surface area (Å²) >= 11 is 0. The van der Waals surface area contributed by atoms with Crippen LogP contribution in [0.3, 0.4) is 0 Å². The summed E-state index contributed by atoms with van der Waals surface area (Å²) in [6.45, 7) is 3.81. The van der Waals surface area contributed by atoms with E-state index in [0.29, 0.717) is 13.0 Å². The van der Waals surface area contributed by atoms with E-state index in [9.17, 15) is 9.90 Å². The number of rotatable bonds is 2. The van der Waals surface area contributed by atoms with Gasteiger partial charge in [0.05, 0.1) is 11.7 Å². The highest BCUT2D eigenvalue weighted by molar-refractivity contribution is 5.72. The molecule has 5 nitrogen and oxygen atoms in total. The molecule has 2 atom stereocenters. The van der Waals surface area contributed by atoms with Crippen LogP contribution in [0, 0.1) is 0 Å². The monoisotopic (exact) mass is 243 g/mol. The fourth-order valence-corrected chi connectivity index (χ4v) is 2.83. The third-order valence-electron chi connectivity index (χ3n) is 4.08. The Morgan fingerprint density at radius 1 is 1.47 bits per heavy atom. The maximum Gasteiger partial charge on any atom is 0.320 e. The van der Waals surface area contributed by atoms with Crippen LogP contribution in [-0.4, -0.2) is 58.5 Å². The first kappa shape index (κ1) is 12.8. The van der Waals surface area contributed by atoms with E-state index >= 15 is 0 Å². The summed E-state index contributed by atoms with van der Waals surface area (Å²) in [6, 6.07) is -0.430. The molecule has 2 N–H and O–H groups in total. The van der Waals surface area contributed by atoms with Crippen molar-refractivity contribution in [2.24, 2.45) is 0 Å². The SMILES string of the molecule is C[C@@H](C(=O)O)N1CCC2(CC1)C[C@H](O)CCO2. The molecule has 0 saturated carbocycles. The van der Waals surface area contributed by atoms with E-state index in [1.54, 1.807) is 6.92 Å². The van der Waals surface area contributed by atoms with Gasteiger partial charge in [0.25, 0.3) is 0 Å². The molecule has 1 spiro atoms. The van der Waals surface area contributed by atoms with Crippen LogP contribution in [0.4, 0.5) is 0 Å². The summed E-state index contributed by atoms with van der Waals surface area (Å²) in [5.74, 6) is -0.773. The first-order valence-corrected chi connectivity index (χ1v) is 6.31. The van der Waals surface area contributed by atoms with Crippen LogP contribution in [0.25, 0.3) is 0 Å². The molecule has 2 saturated heterocycles. The van der Waals surface area contributed by atoms with Crippen molar-refractivity contribution in [1.29, 1.82) is 0 Å². The van der Waals surface area contributed by atoms with Gasteiger partial charge in [-0.25, -0.2) is 0 Å². The van der Waals surface area contributed by atoms with E-state index in [1.165, 1.54) is 0 Å². The summed E-state index contributed by atoms with van der Waals surface area (Å²) < 4.78 is 5.83. The molecule has 5 heteroatoms. The van der Waals surface area contributed by atoms with Crippen molar-refractivity contribution in [1.82, 2.24) is 4.90 Å². The number of hydrogen-bond acceptors (Lipinski definition) is 4. The molecule has 0 amide bonds. The third-order valence-corrected chi connectivity index (χ3v) is 4.08. The smallest absolute Gasteiger partial charge is 0.320 e. The Morgan fingerprint density at radius 3 is 2.65 bits per heavy atom. The highest BCUT2D eigenvalue weighted by atomic mass is 16.5. The molecule has 0 aromatic rings. The number of carboxylic acids is 1. The number of aliphatic hydroxyl groups is 1. The molecule has 0 radical (unpaired) electrons. The number of piperidine rings is 1. The van der Waals surface area contributed by atoms with E-state index in [1.807, 2.05) is 4.90 Å². The van der Waals surface area contributed by atoms with Crippen LogP contribution in [0.2, 0.25) is 0 Å². The van der Waals surface area contributed by atoms with E-state index in [-0.39, 0.29) is 11.7 Å². The topological polar surface area (TPSA) is 70.0 Å². The molecule has 2 aliphatic rings. The Labute approximate surface area is 101 Å². The van der Waals surface area contributed by atoms with Crippen LogP contribution >= 0.6 is 0 Å². The maximum atomic E-state index is 10.9. The molecule has 2 heterocycles. The average molecular weight is 243 g/mol. The fraction of sp³-hybridized carbons (Fsp3) is 0.917.